The highest BCUT2D eigenvalue weighted by molar-refractivity contribution is 5.69. The molecule has 44 heavy (non-hydrogen) atoms. The molecule has 1 atom stereocenters. The summed E-state index contributed by atoms with van der Waals surface area (Å²) in [6.07, 6.45) is 35.6. The highest BCUT2D eigenvalue weighted by Gasteiger charge is 2.13. The third-order valence-corrected chi connectivity index (χ3v) is 9.25. The summed E-state index contributed by atoms with van der Waals surface area (Å²) in [5.74, 6) is 0.569. The van der Waals surface area contributed by atoms with Crippen LogP contribution in [0, 0.1) is 5.92 Å². The predicted octanol–water partition coefficient (Wildman–Crippen LogP) is 12.5. The van der Waals surface area contributed by atoms with Gasteiger partial charge < -0.3 is 14.4 Å². The molecule has 0 aliphatic rings. The lowest BCUT2D eigenvalue weighted by Gasteiger charge is -2.22. The molecule has 0 rings (SSSR count). The molecular weight excluding hydrogens is 542 g/mol. The first-order chi connectivity index (χ1) is 21.7. The van der Waals surface area contributed by atoms with E-state index in [9.17, 15) is 4.79 Å². The topological polar surface area (TPSA) is 38.8 Å². The van der Waals surface area contributed by atoms with Crippen molar-refractivity contribution >= 4 is 5.97 Å². The summed E-state index contributed by atoms with van der Waals surface area (Å²) in [6.45, 7) is 14.8. The fraction of sp³-hybridized carbons (Fsp3) is 0.975. The standard InChI is InChI=1S/C40H81NO3/c1-5-9-13-16-18-20-22-25-31-39(30-24-15-11-7-3)38-44-40(42)32-29-35-41(33-12-8-4)34-26-28-37-43-36-27-23-21-19-17-14-10-6-2/h39H,5-38H2,1-4H3. The number of ether oxygens (including phenoxy) is 2. The van der Waals surface area contributed by atoms with Crippen LogP contribution in [0.25, 0.3) is 0 Å². The van der Waals surface area contributed by atoms with Gasteiger partial charge in [0.15, 0.2) is 0 Å². The third-order valence-electron chi connectivity index (χ3n) is 9.25. The van der Waals surface area contributed by atoms with E-state index in [2.05, 4.69) is 32.6 Å². The summed E-state index contributed by atoms with van der Waals surface area (Å²) in [5.41, 5.74) is 0. The summed E-state index contributed by atoms with van der Waals surface area (Å²) in [7, 11) is 0. The van der Waals surface area contributed by atoms with Gasteiger partial charge in [-0.25, -0.2) is 0 Å². The van der Waals surface area contributed by atoms with Gasteiger partial charge in [0.1, 0.15) is 0 Å². The molecule has 0 bridgehead atoms. The van der Waals surface area contributed by atoms with Gasteiger partial charge in [-0.05, 0) is 70.5 Å². The Kier molecular flexibility index (Phi) is 36.3. The minimum atomic E-state index is 0.0179. The third kappa shape index (κ3) is 32.8. The molecule has 0 amide bonds. The van der Waals surface area contributed by atoms with Gasteiger partial charge in [0.2, 0.25) is 0 Å². The Morgan fingerprint density at radius 3 is 1.43 bits per heavy atom. The average Bonchev–Trinajstić information content (AvgIpc) is 3.03. The molecule has 0 aliphatic heterocycles. The van der Waals surface area contributed by atoms with E-state index in [0.29, 0.717) is 18.9 Å². The molecule has 0 spiro atoms. The van der Waals surface area contributed by atoms with Crippen molar-refractivity contribution < 1.29 is 14.3 Å². The van der Waals surface area contributed by atoms with E-state index in [-0.39, 0.29) is 5.97 Å². The highest BCUT2D eigenvalue weighted by atomic mass is 16.5. The van der Waals surface area contributed by atoms with Crippen LogP contribution in [0.15, 0.2) is 0 Å². The number of rotatable bonds is 37. The summed E-state index contributed by atoms with van der Waals surface area (Å²) in [6, 6.07) is 0. The van der Waals surface area contributed by atoms with Crippen molar-refractivity contribution in [2.75, 3.05) is 39.5 Å². The SMILES string of the molecule is CCCCCCCCCCOCCCCN(CCCC)CCCC(=O)OCC(CCCCCC)CCCCCCCCCC. The maximum Gasteiger partial charge on any atom is 0.305 e. The van der Waals surface area contributed by atoms with Crippen LogP contribution in [0.2, 0.25) is 0 Å². The van der Waals surface area contributed by atoms with Gasteiger partial charge in [0.25, 0.3) is 0 Å². The number of esters is 1. The van der Waals surface area contributed by atoms with Crippen molar-refractivity contribution in [3.63, 3.8) is 0 Å². The lowest BCUT2D eigenvalue weighted by Crippen LogP contribution is -2.28. The highest BCUT2D eigenvalue weighted by Crippen LogP contribution is 2.20. The van der Waals surface area contributed by atoms with Crippen molar-refractivity contribution in [2.24, 2.45) is 5.92 Å². The smallest absolute Gasteiger partial charge is 0.305 e. The Balaban J connectivity index is 4.10. The zero-order valence-corrected chi connectivity index (χ0v) is 30.8. The molecule has 0 aliphatic carbocycles. The van der Waals surface area contributed by atoms with Crippen molar-refractivity contribution in [2.45, 2.75) is 207 Å². The Morgan fingerprint density at radius 1 is 0.477 bits per heavy atom. The molecule has 0 radical (unpaired) electrons. The molecule has 4 nitrogen and oxygen atoms in total. The second-order valence-corrected chi connectivity index (χ2v) is 13.8. The van der Waals surface area contributed by atoms with Crippen LogP contribution in [-0.4, -0.2) is 50.3 Å². The Morgan fingerprint density at radius 2 is 0.886 bits per heavy atom. The zero-order valence-electron chi connectivity index (χ0n) is 30.8. The first kappa shape index (κ1) is 43.4. The Labute approximate surface area is 277 Å². The lowest BCUT2D eigenvalue weighted by molar-refractivity contribution is -0.145. The maximum absolute atomic E-state index is 12.6. The molecule has 264 valence electrons. The summed E-state index contributed by atoms with van der Waals surface area (Å²) < 4.78 is 11.8. The van der Waals surface area contributed by atoms with Crippen molar-refractivity contribution in [3.05, 3.63) is 0 Å². The van der Waals surface area contributed by atoms with E-state index in [1.807, 2.05) is 0 Å². The average molecular weight is 624 g/mol. The number of carbonyl (C=O) groups excluding carboxylic acids is 1. The minimum Gasteiger partial charge on any atom is -0.465 e. The summed E-state index contributed by atoms with van der Waals surface area (Å²) in [5, 5.41) is 0. The number of carbonyl (C=O) groups is 1. The lowest BCUT2D eigenvalue weighted by atomic mass is 9.95. The van der Waals surface area contributed by atoms with E-state index in [1.54, 1.807) is 0 Å². The van der Waals surface area contributed by atoms with E-state index in [0.717, 1.165) is 45.7 Å². The molecule has 0 aromatic heterocycles. The summed E-state index contributed by atoms with van der Waals surface area (Å²) in [4.78, 5) is 15.2. The Hall–Kier alpha value is -0.610. The van der Waals surface area contributed by atoms with Gasteiger partial charge in [0, 0.05) is 19.6 Å². The molecule has 0 fully saturated rings. The maximum atomic E-state index is 12.6. The van der Waals surface area contributed by atoms with Gasteiger partial charge in [-0.15, -0.1) is 0 Å². The van der Waals surface area contributed by atoms with Gasteiger partial charge in [-0.3, -0.25) is 4.79 Å². The number of unbranched alkanes of at least 4 members (excludes halogenated alkanes) is 19. The quantitative estimate of drug-likeness (QED) is 0.0510. The van der Waals surface area contributed by atoms with Gasteiger partial charge in [-0.1, -0.05) is 156 Å². The first-order valence-electron chi connectivity index (χ1n) is 20.1. The van der Waals surface area contributed by atoms with Gasteiger partial charge in [-0.2, -0.15) is 0 Å². The van der Waals surface area contributed by atoms with E-state index >= 15 is 0 Å². The monoisotopic (exact) mass is 624 g/mol. The van der Waals surface area contributed by atoms with Gasteiger partial charge >= 0.3 is 5.97 Å². The number of hydrogen-bond acceptors (Lipinski definition) is 4. The van der Waals surface area contributed by atoms with Crippen LogP contribution < -0.4 is 0 Å². The van der Waals surface area contributed by atoms with Crippen LogP contribution in [0.5, 0.6) is 0 Å². The molecule has 0 aromatic rings. The Bertz CT molecular complexity index is 555. The van der Waals surface area contributed by atoms with Crippen LogP contribution >= 0.6 is 0 Å². The predicted molar refractivity (Wildman–Crippen MR) is 194 cm³/mol. The largest absolute Gasteiger partial charge is 0.465 e. The molecule has 0 N–H and O–H groups in total. The number of hydrogen-bond donors (Lipinski definition) is 0. The van der Waals surface area contributed by atoms with Crippen molar-refractivity contribution in [1.29, 1.82) is 0 Å². The molecule has 0 aromatic carbocycles. The summed E-state index contributed by atoms with van der Waals surface area (Å²) >= 11 is 0. The molecule has 1 unspecified atom stereocenters. The van der Waals surface area contributed by atoms with Crippen LogP contribution in [0.1, 0.15) is 207 Å². The first-order valence-corrected chi connectivity index (χ1v) is 20.1. The van der Waals surface area contributed by atoms with Crippen LogP contribution in [0.4, 0.5) is 0 Å². The normalized spacial score (nSPS) is 12.3. The molecule has 0 saturated carbocycles. The van der Waals surface area contributed by atoms with E-state index < -0.39 is 0 Å². The van der Waals surface area contributed by atoms with Crippen LogP contribution in [-0.2, 0) is 14.3 Å². The number of nitrogens with zero attached hydrogens (tertiary/aromatic N) is 1. The van der Waals surface area contributed by atoms with E-state index in [1.165, 1.54) is 161 Å². The van der Waals surface area contributed by atoms with E-state index in [4.69, 9.17) is 9.47 Å². The molecular formula is C40H81NO3. The van der Waals surface area contributed by atoms with Crippen molar-refractivity contribution in [3.8, 4) is 0 Å². The van der Waals surface area contributed by atoms with Gasteiger partial charge in [0.05, 0.1) is 6.61 Å². The molecule has 4 heteroatoms. The molecule has 0 saturated heterocycles. The molecule has 0 heterocycles. The van der Waals surface area contributed by atoms with Crippen molar-refractivity contribution in [1.82, 2.24) is 4.90 Å². The fourth-order valence-corrected chi connectivity index (χ4v) is 6.16. The fourth-order valence-electron chi connectivity index (χ4n) is 6.16. The second kappa shape index (κ2) is 36.9. The zero-order chi connectivity index (χ0) is 32.2. The van der Waals surface area contributed by atoms with Crippen LogP contribution in [0.3, 0.4) is 0 Å². The minimum absolute atomic E-state index is 0.0179. The second-order valence-electron chi connectivity index (χ2n) is 13.8.